The van der Waals surface area contributed by atoms with Gasteiger partial charge in [-0.2, -0.15) is 0 Å². The average Bonchev–Trinajstić information content (AvgIpc) is 1.95. The van der Waals surface area contributed by atoms with Crippen molar-refractivity contribution < 1.29 is 0 Å². The summed E-state index contributed by atoms with van der Waals surface area (Å²) in [5.74, 6) is 0. The van der Waals surface area contributed by atoms with E-state index in [1.165, 1.54) is 5.56 Å². The molecule has 0 aromatic carbocycles. The molecule has 0 spiro atoms. The Morgan fingerprint density at radius 2 is 2.40 bits per heavy atom. The van der Waals surface area contributed by atoms with Gasteiger partial charge in [-0.05, 0) is 34.0 Å². The van der Waals surface area contributed by atoms with Crippen LogP contribution in [0.4, 0.5) is 5.69 Å². The van der Waals surface area contributed by atoms with Crippen molar-refractivity contribution in [2.45, 2.75) is 13.3 Å². The second-order valence-electron chi connectivity index (χ2n) is 2.08. The van der Waals surface area contributed by atoms with Gasteiger partial charge >= 0.3 is 0 Å². The molecule has 0 unspecified atom stereocenters. The zero-order valence-corrected chi connectivity index (χ0v) is 7.35. The molecule has 1 heterocycles. The van der Waals surface area contributed by atoms with Gasteiger partial charge in [-0.15, -0.1) is 0 Å². The second-order valence-corrected chi connectivity index (χ2v) is 2.83. The summed E-state index contributed by atoms with van der Waals surface area (Å²) in [6.07, 6.45) is 2.80. The molecule has 0 bridgehead atoms. The Kier molecular flexibility index (Phi) is 2.27. The van der Waals surface area contributed by atoms with Crippen molar-refractivity contribution in [1.29, 1.82) is 0 Å². The maximum Gasteiger partial charge on any atom is 0.128 e. The Hall–Kier alpha value is -0.570. The molecule has 1 aromatic rings. The van der Waals surface area contributed by atoms with E-state index in [9.17, 15) is 0 Å². The van der Waals surface area contributed by atoms with Gasteiger partial charge in [0.25, 0.3) is 0 Å². The van der Waals surface area contributed by atoms with Gasteiger partial charge in [0.05, 0.1) is 5.69 Å². The Bertz CT molecular complexity index is 235. The highest BCUT2D eigenvalue weighted by Crippen LogP contribution is 2.16. The molecule has 1 aromatic heterocycles. The normalized spacial score (nSPS) is 9.80. The lowest BCUT2D eigenvalue weighted by atomic mass is 10.2. The smallest absolute Gasteiger partial charge is 0.128 e. The number of nitrogens with two attached hydrogens (primary N) is 1. The van der Waals surface area contributed by atoms with E-state index >= 15 is 0 Å². The number of hydrogen-bond donors (Lipinski definition) is 1. The summed E-state index contributed by atoms with van der Waals surface area (Å²) >= 11 is 3.22. The molecule has 1 rings (SSSR count). The van der Waals surface area contributed by atoms with Crippen LogP contribution in [0, 0.1) is 0 Å². The molecule has 0 aliphatic carbocycles. The lowest BCUT2D eigenvalue weighted by Gasteiger charge is -1.98. The third-order valence-corrected chi connectivity index (χ3v) is 1.99. The average molecular weight is 201 g/mol. The Labute approximate surface area is 68.6 Å². The van der Waals surface area contributed by atoms with Crippen LogP contribution >= 0.6 is 15.9 Å². The predicted molar refractivity (Wildman–Crippen MR) is 45.7 cm³/mol. The fourth-order valence-electron chi connectivity index (χ4n) is 0.704. The lowest BCUT2D eigenvalue weighted by Crippen LogP contribution is -1.91. The van der Waals surface area contributed by atoms with Gasteiger partial charge in [0.2, 0.25) is 0 Å². The standard InChI is InChI=1S/C7H9BrN2/c1-2-5-3-6(9)7(8)10-4-5/h3-4H,2,9H2,1H3. The summed E-state index contributed by atoms with van der Waals surface area (Å²) in [6.45, 7) is 2.07. The summed E-state index contributed by atoms with van der Waals surface area (Å²) in [5, 5.41) is 0. The van der Waals surface area contributed by atoms with Crippen LogP contribution < -0.4 is 5.73 Å². The molecular weight excluding hydrogens is 192 g/mol. The number of aromatic nitrogens is 1. The highest BCUT2D eigenvalue weighted by Gasteiger charge is 1.95. The van der Waals surface area contributed by atoms with Gasteiger partial charge in [0, 0.05) is 6.20 Å². The molecule has 2 N–H and O–H groups in total. The number of anilines is 1. The topological polar surface area (TPSA) is 38.9 Å². The van der Waals surface area contributed by atoms with Crippen molar-refractivity contribution in [3.63, 3.8) is 0 Å². The van der Waals surface area contributed by atoms with E-state index in [1.54, 1.807) is 0 Å². The third kappa shape index (κ3) is 1.48. The van der Waals surface area contributed by atoms with Crippen molar-refractivity contribution in [3.05, 3.63) is 22.4 Å². The van der Waals surface area contributed by atoms with Crippen LogP contribution in [0.2, 0.25) is 0 Å². The fraction of sp³-hybridized carbons (Fsp3) is 0.286. The van der Waals surface area contributed by atoms with E-state index in [2.05, 4.69) is 27.8 Å². The number of hydrogen-bond acceptors (Lipinski definition) is 2. The third-order valence-electron chi connectivity index (χ3n) is 1.33. The molecule has 0 aliphatic heterocycles. The van der Waals surface area contributed by atoms with Crippen molar-refractivity contribution in [3.8, 4) is 0 Å². The summed E-state index contributed by atoms with van der Waals surface area (Å²) in [7, 11) is 0. The summed E-state index contributed by atoms with van der Waals surface area (Å²) in [4.78, 5) is 4.04. The van der Waals surface area contributed by atoms with Crippen molar-refractivity contribution >= 4 is 21.6 Å². The van der Waals surface area contributed by atoms with Crippen LogP contribution in [0.1, 0.15) is 12.5 Å². The van der Waals surface area contributed by atoms with Crippen molar-refractivity contribution in [2.24, 2.45) is 0 Å². The van der Waals surface area contributed by atoms with Crippen molar-refractivity contribution in [1.82, 2.24) is 4.98 Å². The Morgan fingerprint density at radius 3 is 2.90 bits per heavy atom. The number of pyridine rings is 1. The van der Waals surface area contributed by atoms with E-state index in [0.29, 0.717) is 5.69 Å². The summed E-state index contributed by atoms with van der Waals surface area (Å²) in [5.41, 5.74) is 7.46. The van der Waals surface area contributed by atoms with Crippen LogP contribution in [0.3, 0.4) is 0 Å². The maximum atomic E-state index is 5.59. The zero-order valence-electron chi connectivity index (χ0n) is 5.76. The van der Waals surface area contributed by atoms with Gasteiger partial charge in [-0.3, -0.25) is 0 Å². The lowest BCUT2D eigenvalue weighted by molar-refractivity contribution is 1.10. The second kappa shape index (κ2) is 3.01. The molecule has 54 valence electrons. The molecule has 0 saturated heterocycles. The van der Waals surface area contributed by atoms with Crippen LogP contribution in [-0.4, -0.2) is 4.98 Å². The number of nitrogens with zero attached hydrogens (tertiary/aromatic N) is 1. The minimum atomic E-state index is 0.708. The monoisotopic (exact) mass is 200 g/mol. The fourth-order valence-corrected chi connectivity index (χ4v) is 0.921. The molecule has 2 nitrogen and oxygen atoms in total. The Morgan fingerprint density at radius 1 is 1.70 bits per heavy atom. The van der Waals surface area contributed by atoms with Gasteiger partial charge < -0.3 is 5.73 Å². The van der Waals surface area contributed by atoms with Crippen LogP contribution in [0.15, 0.2) is 16.9 Å². The Balaban J connectivity index is 3.04. The zero-order chi connectivity index (χ0) is 7.56. The van der Waals surface area contributed by atoms with Crippen LogP contribution in [-0.2, 0) is 6.42 Å². The molecule has 0 atom stereocenters. The summed E-state index contributed by atoms with van der Waals surface area (Å²) < 4.78 is 0.727. The predicted octanol–water partition coefficient (Wildman–Crippen LogP) is 1.99. The SMILES string of the molecule is CCc1cnc(Br)c(N)c1. The van der Waals surface area contributed by atoms with E-state index in [-0.39, 0.29) is 0 Å². The first-order chi connectivity index (χ1) is 4.74. The number of halogens is 1. The molecule has 0 radical (unpaired) electrons. The minimum absolute atomic E-state index is 0.708. The summed E-state index contributed by atoms with van der Waals surface area (Å²) in [6, 6.07) is 1.93. The van der Waals surface area contributed by atoms with Crippen LogP contribution in [0.5, 0.6) is 0 Å². The molecular formula is C7H9BrN2. The van der Waals surface area contributed by atoms with E-state index < -0.39 is 0 Å². The van der Waals surface area contributed by atoms with Gasteiger partial charge in [-0.1, -0.05) is 6.92 Å². The van der Waals surface area contributed by atoms with E-state index in [0.717, 1.165) is 11.0 Å². The highest BCUT2D eigenvalue weighted by molar-refractivity contribution is 9.10. The van der Waals surface area contributed by atoms with Crippen LogP contribution in [0.25, 0.3) is 0 Å². The first kappa shape index (κ1) is 7.54. The minimum Gasteiger partial charge on any atom is -0.397 e. The number of rotatable bonds is 1. The molecule has 0 aliphatic rings. The number of aryl methyl sites for hydroxylation is 1. The van der Waals surface area contributed by atoms with E-state index in [1.807, 2.05) is 12.3 Å². The molecule has 0 fully saturated rings. The first-order valence-corrected chi connectivity index (χ1v) is 3.93. The quantitative estimate of drug-likeness (QED) is 0.705. The molecule has 0 saturated carbocycles. The molecule has 3 heteroatoms. The maximum absolute atomic E-state index is 5.59. The number of nitrogen functional groups attached to an aromatic ring is 1. The molecule has 0 amide bonds. The van der Waals surface area contributed by atoms with Gasteiger partial charge in [-0.25, -0.2) is 4.98 Å². The van der Waals surface area contributed by atoms with Crippen molar-refractivity contribution in [2.75, 3.05) is 5.73 Å². The molecule has 10 heavy (non-hydrogen) atoms. The first-order valence-electron chi connectivity index (χ1n) is 3.14. The van der Waals surface area contributed by atoms with E-state index in [4.69, 9.17) is 5.73 Å². The highest BCUT2D eigenvalue weighted by atomic mass is 79.9. The van der Waals surface area contributed by atoms with Gasteiger partial charge in [0.1, 0.15) is 4.60 Å². The largest absolute Gasteiger partial charge is 0.397 e. The van der Waals surface area contributed by atoms with Gasteiger partial charge in [0.15, 0.2) is 0 Å².